The van der Waals surface area contributed by atoms with E-state index in [9.17, 15) is 4.79 Å². The fraction of sp³-hybridized carbons (Fsp3) is 0.320. The highest BCUT2D eigenvalue weighted by atomic mass is 16.7. The lowest BCUT2D eigenvalue weighted by molar-refractivity contribution is -0.134. The number of likely N-dealkylation sites (tertiary alicyclic amines) is 1. The number of hydrogen-bond donors (Lipinski definition) is 0. The SMILES string of the molecule is O=C(/C=C/c1cn(-c2ccccc2)nc1-c1cccnc1)N1CCCC(C2OCCO2)C1. The maximum absolute atomic E-state index is 13.0. The average molecular weight is 431 g/mol. The first-order valence-electron chi connectivity index (χ1n) is 11.0. The number of aromatic nitrogens is 3. The Morgan fingerprint density at radius 1 is 1.09 bits per heavy atom. The number of carbonyl (C=O) groups excluding carboxylic acids is 1. The lowest BCUT2D eigenvalue weighted by Crippen LogP contribution is -2.43. The van der Waals surface area contributed by atoms with Crippen molar-refractivity contribution in [1.29, 1.82) is 0 Å². The van der Waals surface area contributed by atoms with Gasteiger partial charge in [-0.25, -0.2) is 4.68 Å². The van der Waals surface area contributed by atoms with Crippen molar-refractivity contribution in [1.82, 2.24) is 19.7 Å². The molecule has 5 rings (SSSR count). The van der Waals surface area contributed by atoms with Crippen molar-refractivity contribution < 1.29 is 14.3 Å². The van der Waals surface area contributed by atoms with Crippen LogP contribution in [0.5, 0.6) is 0 Å². The maximum atomic E-state index is 13.0. The Morgan fingerprint density at radius 3 is 2.72 bits per heavy atom. The zero-order valence-corrected chi connectivity index (χ0v) is 17.8. The first kappa shape index (κ1) is 20.6. The van der Waals surface area contributed by atoms with Gasteiger partial charge in [0.15, 0.2) is 6.29 Å². The molecule has 4 heterocycles. The smallest absolute Gasteiger partial charge is 0.246 e. The number of pyridine rings is 1. The van der Waals surface area contributed by atoms with Gasteiger partial charge in [0.05, 0.1) is 18.9 Å². The predicted octanol–water partition coefficient (Wildman–Crippen LogP) is 3.56. The summed E-state index contributed by atoms with van der Waals surface area (Å²) in [5, 5.41) is 4.77. The third kappa shape index (κ3) is 4.49. The molecule has 0 N–H and O–H groups in total. The summed E-state index contributed by atoms with van der Waals surface area (Å²) >= 11 is 0. The highest BCUT2D eigenvalue weighted by Gasteiger charge is 2.32. The van der Waals surface area contributed by atoms with Crippen LogP contribution in [0.4, 0.5) is 0 Å². The molecule has 1 amide bonds. The van der Waals surface area contributed by atoms with Crippen LogP contribution < -0.4 is 0 Å². The van der Waals surface area contributed by atoms with Gasteiger partial charge < -0.3 is 14.4 Å². The molecule has 0 spiro atoms. The van der Waals surface area contributed by atoms with Gasteiger partial charge in [-0.1, -0.05) is 18.2 Å². The van der Waals surface area contributed by atoms with Gasteiger partial charge in [-0.3, -0.25) is 9.78 Å². The van der Waals surface area contributed by atoms with Crippen LogP contribution in [0, 0.1) is 5.92 Å². The van der Waals surface area contributed by atoms with Crippen molar-refractivity contribution in [2.24, 2.45) is 5.92 Å². The summed E-state index contributed by atoms with van der Waals surface area (Å²) in [6.07, 6.45) is 10.8. The first-order chi connectivity index (χ1) is 15.8. The average Bonchev–Trinajstić information content (AvgIpc) is 3.54. The maximum Gasteiger partial charge on any atom is 0.246 e. The summed E-state index contributed by atoms with van der Waals surface area (Å²) in [6, 6.07) is 13.8. The molecule has 2 aliphatic heterocycles. The fourth-order valence-corrected chi connectivity index (χ4v) is 4.30. The number of benzene rings is 1. The van der Waals surface area contributed by atoms with Crippen LogP contribution in [0.3, 0.4) is 0 Å². The van der Waals surface area contributed by atoms with Gasteiger partial charge in [-0.2, -0.15) is 5.10 Å². The molecule has 0 saturated carbocycles. The topological polar surface area (TPSA) is 69.5 Å². The fourth-order valence-electron chi connectivity index (χ4n) is 4.30. The third-order valence-corrected chi connectivity index (χ3v) is 5.91. The van der Waals surface area contributed by atoms with E-state index in [0.717, 1.165) is 41.9 Å². The number of rotatable bonds is 5. The van der Waals surface area contributed by atoms with Gasteiger partial charge in [0, 0.05) is 54.8 Å². The van der Waals surface area contributed by atoms with E-state index >= 15 is 0 Å². The van der Waals surface area contributed by atoms with E-state index in [0.29, 0.717) is 19.8 Å². The number of carbonyl (C=O) groups is 1. The van der Waals surface area contributed by atoms with Gasteiger partial charge in [0.25, 0.3) is 0 Å². The van der Waals surface area contributed by atoms with Gasteiger partial charge in [-0.15, -0.1) is 0 Å². The summed E-state index contributed by atoms with van der Waals surface area (Å²) in [6.45, 7) is 2.69. The van der Waals surface area contributed by atoms with Gasteiger partial charge >= 0.3 is 0 Å². The van der Waals surface area contributed by atoms with Crippen molar-refractivity contribution in [3.8, 4) is 16.9 Å². The van der Waals surface area contributed by atoms with E-state index in [4.69, 9.17) is 14.6 Å². The molecule has 7 heteroatoms. The molecule has 2 saturated heterocycles. The Hall–Kier alpha value is -3.29. The lowest BCUT2D eigenvalue weighted by Gasteiger charge is -2.34. The Kier molecular flexibility index (Phi) is 6.09. The quantitative estimate of drug-likeness (QED) is 0.579. The molecule has 1 aromatic carbocycles. The summed E-state index contributed by atoms with van der Waals surface area (Å²) < 4.78 is 13.2. The van der Waals surface area contributed by atoms with E-state index in [1.165, 1.54) is 0 Å². The van der Waals surface area contributed by atoms with E-state index in [-0.39, 0.29) is 18.1 Å². The lowest BCUT2D eigenvalue weighted by atomic mass is 9.97. The van der Waals surface area contributed by atoms with Crippen LogP contribution in [0.15, 0.2) is 67.1 Å². The number of nitrogens with zero attached hydrogens (tertiary/aromatic N) is 4. The van der Waals surface area contributed by atoms with E-state index < -0.39 is 0 Å². The molecule has 1 unspecified atom stereocenters. The molecular weight excluding hydrogens is 404 g/mol. The molecule has 7 nitrogen and oxygen atoms in total. The largest absolute Gasteiger partial charge is 0.350 e. The van der Waals surface area contributed by atoms with Crippen molar-refractivity contribution in [2.45, 2.75) is 19.1 Å². The van der Waals surface area contributed by atoms with Crippen molar-refractivity contribution in [2.75, 3.05) is 26.3 Å². The van der Waals surface area contributed by atoms with Crippen LogP contribution in [0.2, 0.25) is 0 Å². The van der Waals surface area contributed by atoms with Gasteiger partial charge in [0.1, 0.15) is 5.69 Å². The zero-order chi connectivity index (χ0) is 21.8. The molecule has 0 radical (unpaired) electrons. The molecule has 2 aliphatic rings. The van der Waals surface area contributed by atoms with Crippen LogP contribution in [-0.2, 0) is 14.3 Å². The molecule has 1 atom stereocenters. The number of para-hydroxylation sites is 1. The molecule has 32 heavy (non-hydrogen) atoms. The van der Waals surface area contributed by atoms with Gasteiger partial charge in [0.2, 0.25) is 5.91 Å². The minimum absolute atomic E-state index is 0.00250. The predicted molar refractivity (Wildman–Crippen MR) is 121 cm³/mol. The third-order valence-electron chi connectivity index (χ3n) is 5.91. The minimum Gasteiger partial charge on any atom is -0.350 e. The molecule has 3 aromatic rings. The second-order valence-electron chi connectivity index (χ2n) is 8.08. The van der Waals surface area contributed by atoms with Crippen LogP contribution in [-0.4, -0.2) is 58.2 Å². The standard InChI is InChI=1S/C25H26N4O3/c30-23(28-13-5-7-21(17-28)25-31-14-15-32-25)11-10-20-18-29(22-8-2-1-3-9-22)27-24(20)19-6-4-12-26-16-19/h1-4,6,8-12,16,18,21,25H,5,7,13-15,17H2/b11-10+. The number of ether oxygens (including phenoxy) is 2. The summed E-state index contributed by atoms with van der Waals surface area (Å²) in [5.41, 5.74) is 3.52. The van der Waals surface area contributed by atoms with Gasteiger partial charge in [-0.05, 0) is 43.2 Å². The molecular formula is C25H26N4O3. The highest BCUT2D eigenvalue weighted by Crippen LogP contribution is 2.26. The second kappa shape index (κ2) is 9.46. The zero-order valence-electron chi connectivity index (χ0n) is 17.8. The summed E-state index contributed by atoms with van der Waals surface area (Å²) in [7, 11) is 0. The van der Waals surface area contributed by atoms with E-state index in [1.54, 1.807) is 18.5 Å². The number of piperidine rings is 1. The minimum atomic E-state index is -0.184. The second-order valence-corrected chi connectivity index (χ2v) is 8.08. The van der Waals surface area contributed by atoms with Crippen molar-refractivity contribution in [3.05, 3.63) is 72.7 Å². The van der Waals surface area contributed by atoms with Crippen LogP contribution >= 0.6 is 0 Å². The molecule has 0 aliphatic carbocycles. The number of amides is 1. The Bertz CT molecular complexity index is 1080. The Morgan fingerprint density at radius 2 is 1.94 bits per heavy atom. The highest BCUT2D eigenvalue weighted by molar-refractivity contribution is 5.93. The van der Waals surface area contributed by atoms with Crippen molar-refractivity contribution in [3.63, 3.8) is 0 Å². The van der Waals surface area contributed by atoms with Crippen molar-refractivity contribution >= 4 is 12.0 Å². The Balaban J connectivity index is 1.37. The molecule has 164 valence electrons. The van der Waals surface area contributed by atoms with E-state index in [2.05, 4.69) is 4.98 Å². The normalized spacial score (nSPS) is 19.6. The van der Waals surface area contributed by atoms with E-state index in [1.807, 2.05) is 64.3 Å². The Labute approximate surface area is 187 Å². The van der Waals surface area contributed by atoms with Crippen LogP contribution in [0.1, 0.15) is 18.4 Å². The summed E-state index contributed by atoms with van der Waals surface area (Å²) in [5.74, 6) is 0.229. The number of hydrogen-bond acceptors (Lipinski definition) is 5. The monoisotopic (exact) mass is 430 g/mol. The molecule has 2 aromatic heterocycles. The molecule has 0 bridgehead atoms. The summed E-state index contributed by atoms with van der Waals surface area (Å²) in [4.78, 5) is 19.1. The first-order valence-corrected chi connectivity index (χ1v) is 11.0. The van der Waals surface area contributed by atoms with Crippen LogP contribution in [0.25, 0.3) is 23.0 Å². The molecule has 2 fully saturated rings.